The van der Waals surface area contributed by atoms with Crippen LogP contribution in [0.3, 0.4) is 0 Å². The summed E-state index contributed by atoms with van der Waals surface area (Å²) in [4.78, 5) is 27.5. The normalized spacial score (nSPS) is 14.8. The van der Waals surface area contributed by atoms with Crippen LogP contribution in [0.2, 0.25) is 0 Å². The van der Waals surface area contributed by atoms with Gasteiger partial charge in [0.05, 0.1) is 5.39 Å². The Morgan fingerprint density at radius 2 is 2.00 bits per heavy atom. The van der Waals surface area contributed by atoms with Crippen molar-refractivity contribution in [3.05, 3.63) is 49.5 Å². The fraction of sp³-hybridized carbons (Fsp3) is 0.333. The number of aryl methyl sites for hydroxylation is 2. The summed E-state index contributed by atoms with van der Waals surface area (Å²) >= 11 is 4.92. The van der Waals surface area contributed by atoms with E-state index in [1.165, 1.54) is 9.56 Å². The molecule has 2 aromatic heterocycles. The highest BCUT2D eigenvalue weighted by molar-refractivity contribution is 9.10. The van der Waals surface area contributed by atoms with Crippen molar-refractivity contribution in [2.75, 3.05) is 5.32 Å². The van der Waals surface area contributed by atoms with E-state index in [0.717, 1.165) is 35.7 Å². The lowest BCUT2D eigenvalue weighted by Gasteiger charge is -2.14. The smallest absolute Gasteiger partial charge is 0.279 e. The molecule has 1 atom stereocenters. The maximum atomic E-state index is 13.0. The van der Waals surface area contributed by atoms with Crippen LogP contribution in [0.1, 0.15) is 36.2 Å². The molecule has 3 aromatic rings. The van der Waals surface area contributed by atoms with Crippen LogP contribution in [-0.4, -0.2) is 20.9 Å². The first-order chi connectivity index (χ1) is 12.5. The number of nitrogens with zero attached hydrogens (tertiary/aromatic N) is 3. The Morgan fingerprint density at radius 1 is 1.27 bits per heavy atom. The Labute approximate surface area is 162 Å². The van der Waals surface area contributed by atoms with Crippen molar-refractivity contribution < 1.29 is 4.79 Å². The van der Waals surface area contributed by atoms with Crippen molar-refractivity contribution in [2.24, 2.45) is 0 Å². The summed E-state index contributed by atoms with van der Waals surface area (Å²) in [6.07, 6.45) is 4.12. The number of amides is 1. The molecule has 1 aliphatic rings. The number of rotatable bonds is 3. The molecule has 1 amide bonds. The minimum Gasteiger partial charge on any atom is -0.324 e. The van der Waals surface area contributed by atoms with E-state index in [1.807, 2.05) is 12.1 Å². The molecule has 8 heteroatoms. The first-order valence-electron chi connectivity index (χ1n) is 8.51. The van der Waals surface area contributed by atoms with E-state index in [4.69, 9.17) is 0 Å². The van der Waals surface area contributed by atoms with Crippen LogP contribution in [-0.2, 0) is 17.6 Å². The van der Waals surface area contributed by atoms with E-state index in [9.17, 15) is 9.59 Å². The quantitative estimate of drug-likeness (QED) is 0.684. The second-order valence-electron chi connectivity index (χ2n) is 6.40. The monoisotopic (exact) mass is 432 g/mol. The van der Waals surface area contributed by atoms with E-state index < -0.39 is 6.04 Å². The summed E-state index contributed by atoms with van der Waals surface area (Å²) in [5, 5.41) is 11.7. The number of carbonyl (C=O) groups is 1. The summed E-state index contributed by atoms with van der Waals surface area (Å²) in [6.45, 7) is 1.66. The number of halogens is 1. The highest BCUT2D eigenvalue weighted by Gasteiger charge is 2.24. The zero-order chi connectivity index (χ0) is 18.3. The van der Waals surface area contributed by atoms with E-state index in [1.54, 1.807) is 30.4 Å². The zero-order valence-corrected chi connectivity index (χ0v) is 16.6. The molecular weight excluding hydrogens is 416 g/mol. The predicted molar refractivity (Wildman–Crippen MR) is 106 cm³/mol. The second-order valence-corrected chi connectivity index (χ2v) is 8.40. The number of thiophene rings is 1. The lowest BCUT2D eigenvalue weighted by Crippen LogP contribution is -2.34. The molecule has 0 bridgehead atoms. The number of anilines is 1. The Bertz CT molecular complexity index is 1040. The number of carbonyl (C=O) groups excluding carboxylic acids is 1. The molecule has 134 valence electrons. The first-order valence-corrected chi connectivity index (χ1v) is 10.1. The molecule has 0 saturated heterocycles. The number of fused-ring (bicyclic) bond motifs is 3. The molecule has 2 heterocycles. The van der Waals surface area contributed by atoms with Crippen molar-refractivity contribution in [3.63, 3.8) is 0 Å². The van der Waals surface area contributed by atoms with E-state index in [-0.39, 0.29) is 11.5 Å². The standard InChI is InChI=1S/C18H17BrN4O2S/c1-10(16(24)20-12-8-6-11(19)7-9-12)23-18(25)15-13-4-2-3-5-14(13)26-17(15)21-22-23/h6-10H,2-5H2,1H3,(H,20,24). The SMILES string of the molecule is CC(C(=O)Nc1ccc(Br)cc1)n1nnc2sc3c(c2c1=O)CCCC3. The third kappa shape index (κ3) is 3.07. The number of hydrogen-bond acceptors (Lipinski definition) is 5. The van der Waals surface area contributed by atoms with Gasteiger partial charge in [0.1, 0.15) is 6.04 Å². The highest BCUT2D eigenvalue weighted by Crippen LogP contribution is 2.33. The molecule has 0 spiro atoms. The van der Waals surface area contributed by atoms with Gasteiger partial charge in [0.2, 0.25) is 5.91 Å². The van der Waals surface area contributed by atoms with E-state index >= 15 is 0 Å². The number of hydrogen-bond donors (Lipinski definition) is 1. The van der Waals surface area contributed by atoms with Gasteiger partial charge in [-0.1, -0.05) is 21.1 Å². The minimum absolute atomic E-state index is 0.229. The summed E-state index contributed by atoms with van der Waals surface area (Å²) in [6, 6.07) is 6.52. The molecule has 6 nitrogen and oxygen atoms in total. The van der Waals surface area contributed by atoms with Gasteiger partial charge in [-0.3, -0.25) is 9.59 Å². The van der Waals surface area contributed by atoms with Gasteiger partial charge < -0.3 is 5.32 Å². The van der Waals surface area contributed by atoms with E-state index in [0.29, 0.717) is 15.9 Å². The predicted octanol–water partition coefficient (Wildman–Crippen LogP) is 3.69. The lowest BCUT2D eigenvalue weighted by molar-refractivity contribution is -0.119. The topological polar surface area (TPSA) is 76.9 Å². The summed E-state index contributed by atoms with van der Waals surface area (Å²) in [7, 11) is 0. The molecule has 1 aliphatic carbocycles. The third-order valence-electron chi connectivity index (χ3n) is 4.66. The van der Waals surface area contributed by atoms with Gasteiger partial charge in [-0.2, -0.15) is 4.68 Å². The molecule has 26 heavy (non-hydrogen) atoms. The Morgan fingerprint density at radius 3 is 2.77 bits per heavy atom. The Kier molecular flexibility index (Phi) is 4.62. The van der Waals surface area contributed by atoms with E-state index in [2.05, 4.69) is 31.6 Å². The van der Waals surface area contributed by atoms with Crippen molar-refractivity contribution in [3.8, 4) is 0 Å². The molecular formula is C18H17BrN4O2S. The van der Waals surface area contributed by atoms with Gasteiger partial charge >= 0.3 is 0 Å². The van der Waals surface area contributed by atoms with Crippen molar-refractivity contribution in [2.45, 2.75) is 38.6 Å². The van der Waals surface area contributed by atoms with Crippen LogP contribution in [0, 0.1) is 0 Å². The largest absolute Gasteiger partial charge is 0.324 e. The lowest BCUT2D eigenvalue weighted by atomic mass is 9.97. The van der Waals surface area contributed by atoms with Crippen molar-refractivity contribution in [1.29, 1.82) is 0 Å². The van der Waals surface area contributed by atoms with Crippen LogP contribution < -0.4 is 10.9 Å². The maximum Gasteiger partial charge on any atom is 0.279 e. The average Bonchev–Trinajstić information content (AvgIpc) is 3.02. The first kappa shape index (κ1) is 17.4. The van der Waals surface area contributed by atoms with Crippen LogP contribution in [0.15, 0.2) is 33.5 Å². The molecule has 0 aliphatic heterocycles. The van der Waals surface area contributed by atoms with Gasteiger partial charge in [-0.25, -0.2) is 0 Å². The Hall–Kier alpha value is -2.06. The zero-order valence-electron chi connectivity index (χ0n) is 14.2. The molecule has 0 saturated carbocycles. The summed E-state index contributed by atoms with van der Waals surface area (Å²) < 4.78 is 2.12. The van der Waals surface area contributed by atoms with Crippen LogP contribution in [0.25, 0.3) is 10.2 Å². The molecule has 4 rings (SSSR count). The van der Waals surface area contributed by atoms with Crippen LogP contribution in [0.5, 0.6) is 0 Å². The van der Waals surface area contributed by atoms with Crippen LogP contribution >= 0.6 is 27.3 Å². The highest BCUT2D eigenvalue weighted by atomic mass is 79.9. The Balaban J connectivity index is 1.67. The molecule has 1 unspecified atom stereocenters. The van der Waals surface area contributed by atoms with Crippen molar-refractivity contribution >= 4 is 49.1 Å². The number of aromatic nitrogens is 3. The molecule has 1 aromatic carbocycles. The van der Waals surface area contributed by atoms with Crippen LogP contribution in [0.4, 0.5) is 5.69 Å². The number of nitrogens with one attached hydrogen (secondary N) is 1. The number of benzene rings is 1. The van der Waals surface area contributed by atoms with Gasteiger partial charge in [0.25, 0.3) is 5.56 Å². The second kappa shape index (κ2) is 6.92. The molecule has 1 N–H and O–H groups in total. The van der Waals surface area contributed by atoms with Gasteiger partial charge in [0.15, 0.2) is 4.83 Å². The minimum atomic E-state index is -0.748. The average molecular weight is 433 g/mol. The van der Waals surface area contributed by atoms with Gasteiger partial charge in [-0.05, 0) is 62.4 Å². The fourth-order valence-corrected chi connectivity index (χ4v) is 4.69. The van der Waals surface area contributed by atoms with Crippen molar-refractivity contribution in [1.82, 2.24) is 15.0 Å². The summed E-state index contributed by atoms with van der Waals surface area (Å²) in [5.41, 5.74) is 1.54. The molecule has 0 radical (unpaired) electrons. The maximum absolute atomic E-state index is 13.0. The fourth-order valence-electron chi connectivity index (χ4n) is 3.23. The van der Waals surface area contributed by atoms with Gasteiger partial charge in [-0.15, -0.1) is 16.4 Å². The third-order valence-corrected chi connectivity index (χ3v) is 6.37. The molecule has 0 fully saturated rings. The summed E-state index contributed by atoms with van der Waals surface area (Å²) in [5.74, 6) is -0.299. The van der Waals surface area contributed by atoms with Gasteiger partial charge in [0, 0.05) is 15.0 Å².